The van der Waals surface area contributed by atoms with Crippen molar-refractivity contribution in [2.24, 2.45) is 5.10 Å². The van der Waals surface area contributed by atoms with Crippen molar-refractivity contribution in [2.45, 2.75) is 32.7 Å². The van der Waals surface area contributed by atoms with Crippen LogP contribution in [0.3, 0.4) is 0 Å². The molecule has 1 atom stereocenters. The van der Waals surface area contributed by atoms with E-state index in [-0.39, 0.29) is 5.91 Å². The Kier molecular flexibility index (Phi) is 9.34. The molecule has 0 radical (unpaired) electrons. The van der Waals surface area contributed by atoms with Crippen LogP contribution in [0, 0.1) is 0 Å². The van der Waals surface area contributed by atoms with Crippen LogP contribution in [0.15, 0.2) is 52.0 Å². The Morgan fingerprint density at radius 3 is 2.57 bits per heavy atom. The molecular weight excluding hydrogens is 450 g/mol. The number of benzene rings is 2. The quantitative estimate of drug-likeness (QED) is 0.309. The standard InChI is InChI=1S/C22H26BrN3O4/c1-4-5-12-30-20-11-6-16(13-19(20)23)14-24-26-21(27)15(2)25-22(28)17-7-9-18(29-3)10-8-17/h6-11,13-15H,4-5,12H2,1-3H3,(H,25,28)(H,26,27). The molecule has 0 aliphatic carbocycles. The molecule has 30 heavy (non-hydrogen) atoms. The van der Waals surface area contributed by atoms with Gasteiger partial charge in [0.15, 0.2) is 0 Å². The van der Waals surface area contributed by atoms with E-state index < -0.39 is 11.9 Å². The molecule has 0 spiro atoms. The number of ether oxygens (including phenoxy) is 2. The lowest BCUT2D eigenvalue weighted by molar-refractivity contribution is -0.122. The third-order valence-electron chi connectivity index (χ3n) is 4.19. The number of hydrazone groups is 1. The smallest absolute Gasteiger partial charge is 0.262 e. The lowest BCUT2D eigenvalue weighted by Gasteiger charge is -2.12. The topological polar surface area (TPSA) is 89.0 Å². The molecule has 0 fully saturated rings. The zero-order valence-corrected chi connectivity index (χ0v) is 18.9. The van der Waals surface area contributed by atoms with Gasteiger partial charge in [-0.1, -0.05) is 13.3 Å². The Balaban J connectivity index is 1.85. The van der Waals surface area contributed by atoms with Crippen molar-refractivity contribution in [3.05, 3.63) is 58.1 Å². The number of methoxy groups -OCH3 is 1. The number of rotatable bonds is 10. The second-order valence-corrected chi connectivity index (χ2v) is 7.40. The van der Waals surface area contributed by atoms with Gasteiger partial charge < -0.3 is 14.8 Å². The summed E-state index contributed by atoms with van der Waals surface area (Å²) < 4.78 is 11.6. The molecule has 0 saturated carbocycles. The van der Waals surface area contributed by atoms with Crippen molar-refractivity contribution in [1.29, 1.82) is 0 Å². The van der Waals surface area contributed by atoms with Crippen LogP contribution in [-0.2, 0) is 4.79 Å². The summed E-state index contributed by atoms with van der Waals surface area (Å²) in [6, 6.07) is 11.4. The van der Waals surface area contributed by atoms with Crippen LogP contribution in [0.25, 0.3) is 0 Å². The van der Waals surface area contributed by atoms with Gasteiger partial charge in [0.2, 0.25) is 0 Å². The number of hydrogen-bond acceptors (Lipinski definition) is 5. The number of carbonyl (C=O) groups is 2. The third-order valence-corrected chi connectivity index (χ3v) is 4.81. The van der Waals surface area contributed by atoms with E-state index in [1.165, 1.54) is 6.21 Å². The van der Waals surface area contributed by atoms with Crippen LogP contribution < -0.4 is 20.2 Å². The highest BCUT2D eigenvalue weighted by molar-refractivity contribution is 9.10. The van der Waals surface area contributed by atoms with E-state index in [0.29, 0.717) is 17.9 Å². The van der Waals surface area contributed by atoms with Gasteiger partial charge in [-0.05, 0) is 77.3 Å². The normalized spacial score (nSPS) is 11.7. The fourth-order valence-corrected chi connectivity index (χ4v) is 2.91. The Morgan fingerprint density at radius 2 is 1.93 bits per heavy atom. The van der Waals surface area contributed by atoms with Crippen molar-refractivity contribution in [1.82, 2.24) is 10.7 Å². The Bertz CT molecular complexity index is 884. The van der Waals surface area contributed by atoms with Crippen LogP contribution in [0.2, 0.25) is 0 Å². The molecule has 0 aliphatic rings. The third kappa shape index (κ3) is 7.18. The van der Waals surface area contributed by atoms with Crippen LogP contribution in [0.1, 0.15) is 42.6 Å². The average molecular weight is 476 g/mol. The number of amides is 2. The highest BCUT2D eigenvalue weighted by Gasteiger charge is 2.16. The van der Waals surface area contributed by atoms with E-state index in [1.807, 2.05) is 18.2 Å². The predicted molar refractivity (Wildman–Crippen MR) is 120 cm³/mol. The molecule has 0 aromatic heterocycles. The fraction of sp³-hybridized carbons (Fsp3) is 0.318. The van der Waals surface area contributed by atoms with Gasteiger partial charge in [0.25, 0.3) is 11.8 Å². The van der Waals surface area contributed by atoms with Crippen LogP contribution >= 0.6 is 15.9 Å². The lowest BCUT2D eigenvalue weighted by atomic mass is 10.2. The average Bonchev–Trinajstić information content (AvgIpc) is 2.75. The summed E-state index contributed by atoms with van der Waals surface area (Å²) in [6.07, 6.45) is 3.59. The molecule has 2 aromatic rings. The van der Waals surface area contributed by atoms with Crippen molar-refractivity contribution < 1.29 is 19.1 Å². The molecule has 2 amide bonds. The molecule has 2 aromatic carbocycles. The molecule has 0 bridgehead atoms. The van der Waals surface area contributed by atoms with Crippen molar-refractivity contribution in [2.75, 3.05) is 13.7 Å². The molecular formula is C22H26BrN3O4. The van der Waals surface area contributed by atoms with E-state index in [0.717, 1.165) is 28.6 Å². The van der Waals surface area contributed by atoms with Gasteiger partial charge in [0.1, 0.15) is 17.5 Å². The first-order valence-corrected chi connectivity index (χ1v) is 10.4. The maximum atomic E-state index is 12.2. The van der Waals surface area contributed by atoms with E-state index in [4.69, 9.17) is 9.47 Å². The van der Waals surface area contributed by atoms with Gasteiger partial charge in [-0.2, -0.15) is 5.10 Å². The van der Waals surface area contributed by atoms with E-state index in [2.05, 4.69) is 38.7 Å². The number of unbranched alkanes of at least 4 members (excludes halogenated alkanes) is 1. The predicted octanol–water partition coefficient (Wildman–Crippen LogP) is 3.91. The lowest BCUT2D eigenvalue weighted by Crippen LogP contribution is -2.43. The molecule has 2 rings (SSSR count). The number of carbonyl (C=O) groups excluding carboxylic acids is 2. The maximum absolute atomic E-state index is 12.2. The van der Waals surface area contributed by atoms with Crippen LogP contribution in [-0.4, -0.2) is 37.8 Å². The summed E-state index contributed by atoms with van der Waals surface area (Å²) in [5.74, 6) is 0.636. The van der Waals surface area contributed by atoms with Gasteiger partial charge in [-0.15, -0.1) is 0 Å². The number of halogens is 1. The number of hydrogen-bond donors (Lipinski definition) is 2. The van der Waals surface area contributed by atoms with Crippen LogP contribution in [0.5, 0.6) is 11.5 Å². The number of nitrogens with zero attached hydrogens (tertiary/aromatic N) is 1. The Morgan fingerprint density at radius 1 is 1.20 bits per heavy atom. The molecule has 160 valence electrons. The first-order valence-electron chi connectivity index (χ1n) is 9.64. The summed E-state index contributed by atoms with van der Waals surface area (Å²) in [6.45, 7) is 4.36. The largest absolute Gasteiger partial charge is 0.497 e. The minimum absolute atomic E-state index is 0.355. The van der Waals surface area contributed by atoms with E-state index >= 15 is 0 Å². The Hall–Kier alpha value is -2.87. The van der Waals surface area contributed by atoms with E-state index in [9.17, 15) is 9.59 Å². The summed E-state index contributed by atoms with van der Waals surface area (Å²) in [5.41, 5.74) is 3.66. The van der Waals surface area contributed by atoms with Gasteiger partial charge >= 0.3 is 0 Å². The van der Waals surface area contributed by atoms with Crippen molar-refractivity contribution >= 4 is 34.0 Å². The minimum Gasteiger partial charge on any atom is -0.497 e. The summed E-state index contributed by atoms with van der Waals surface area (Å²) in [7, 11) is 1.55. The zero-order chi connectivity index (χ0) is 21.9. The molecule has 7 nitrogen and oxygen atoms in total. The van der Waals surface area contributed by atoms with Gasteiger partial charge in [0, 0.05) is 5.56 Å². The molecule has 8 heteroatoms. The fourth-order valence-electron chi connectivity index (χ4n) is 2.40. The molecule has 0 heterocycles. The summed E-state index contributed by atoms with van der Waals surface area (Å²) in [4.78, 5) is 24.4. The van der Waals surface area contributed by atoms with Crippen molar-refractivity contribution in [3.8, 4) is 11.5 Å². The highest BCUT2D eigenvalue weighted by atomic mass is 79.9. The molecule has 2 N–H and O–H groups in total. The monoisotopic (exact) mass is 475 g/mol. The second kappa shape index (κ2) is 12.0. The number of nitrogens with one attached hydrogen (secondary N) is 2. The molecule has 0 saturated heterocycles. The maximum Gasteiger partial charge on any atom is 0.262 e. The van der Waals surface area contributed by atoms with Crippen molar-refractivity contribution in [3.63, 3.8) is 0 Å². The van der Waals surface area contributed by atoms with Gasteiger partial charge in [0.05, 0.1) is 24.4 Å². The molecule has 1 unspecified atom stereocenters. The minimum atomic E-state index is -0.752. The first-order chi connectivity index (χ1) is 14.4. The van der Waals surface area contributed by atoms with E-state index in [1.54, 1.807) is 38.3 Å². The highest BCUT2D eigenvalue weighted by Crippen LogP contribution is 2.25. The first kappa shape index (κ1) is 23.4. The Labute approximate surface area is 185 Å². The zero-order valence-electron chi connectivity index (χ0n) is 17.3. The summed E-state index contributed by atoms with van der Waals surface area (Å²) in [5, 5.41) is 6.59. The SMILES string of the molecule is CCCCOc1ccc(C=NNC(=O)C(C)NC(=O)c2ccc(OC)cc2)cc1Br. The second-order valence-electron chi connectivity index (χ2n) is 6.55. The molecule has 0 aliphatic heterocycles. The van der Waals surface area contributed by atoms with Crippen LogP contribution in [0.4, 0.5) is 0 Å². The summed E-state index contributed by atoms with van der Waals surface area (Å²) >= 11 is 3.47. The van der Waals surface area contributed by atoms with Gasteiger partial charge in [-0.25, -0.2) is 5.43 Å². The van der Waals surface area contributed by atoms with Gasteiger partial charge in [-0.3, -0.25) is 9.59 Å².